The highest BCUT2D eigenvalue weighted by Crippen LogP contribution is 2.28. The first-order valence-electron chi connectivity index (χ1n) is 18.6. The Morgan fingerprint density at radius 1 is 0.776 bits per heavy atom. The lowest BCUT2D eigenvalue weighted by molar-refractivity contribution is -0.118. The minimum atomic E-state index is -0.965. The van der Waals surface area contributed by atoms with Gasteiger partial charge in [-0.1, -0.05) is 72.8 Å². The Hall–Kier alpha value is -7.54. The van der Waals surface area contributed by atoms with Gasteiger partial charge in [0.25, 0.3) is 0 Å². The van der Waals surface area contributed by atoms with Gasteiger partial charge in [-0.25, -0.2) is 19.2 Å². The van der Waals surface area contributed by atoms with E-state index in [0.29, 0.717) is 65.6 Å². The highest BCUT2D eigenvalue weighted by Gasteiger charge is 2.24. The number of anilines is 2. The second kappa shape index (κ2) is 20.4. The number of carbonyl (C=O) groups is 4. The van der Waals surface area contributed by atoms with Crippen LogP contribution in [0.2, 0.25) is 0 Å². The number of hydrogen-bond donors (Lipinski definition) is 4. The van der Waals surface area contributed by atoms with Gasteiger partial charge in [0.2, 0.25) is 11.7 Å². The molecule has 0 fully saturated rings. The summed E-state index contributed by atoms with van der Waals surface area (Å²) in [6.45, 7) is 0.705. The second-order valence-electron chi connectivity index (χ2n) is 13.0. The number of nitrogens with one attached hydrogen (secondary N) is 4. The van der Waals surface area contributed by atoms with Crippen LogP contribution in [-0.2, 0) is 34.0 Å². The van der Waals surface area contributed by atoms with Crippen LogP contribution < -0.4 is 21.3 Å². The summed E-state index contributed by atoms with van der Waals surface area (Å²) in [6.07, 6.45) is 0.178. The number of benzene rings is 4. The molecule has 2 aromatic heterocycles. The minimum absolute atomic E-state index is 0.0255. The molecule has 0 spiro atoms. The molecular formula is C42H41N9O7. The molecule has 0 aliphatic rings. The van der Waals surface area contributed by atoms with Crippen molar-refractivity contribution in [2.75, 3.05) is 23.7 Å². The number of hydrogen-bond acceptors (Lipinski definition) is 12. The van der Waals surface area contributed by atoms with Crippen LogP contribution in [-0.4, -0.2) is 62.9 Å². The van der Waals surface area contributed by atoms with E-state index in [0.717, 1.165) is 11.1 Å². The van der Waals surface area contributed by atoms with Crippen LogP contribution in [0, 0.1) is 11.3 Å². The molecule has 296 valence electrons. The lowest BCUT2D eigenvalue weighted by atomic mass is 10.1. The van der Waals surface area contributed by atoms with Crippen LogP contribution in [0.4, 0.5) is 21.1 Å². The van der Waals surface area contributed by atoms with Crippen LogP contribution in [0.1, 0.15) is 47.2 Å². The molecule has 0 bridgehead atoms. The number of aromatic nitrogens is 4. The standard InChI is InChI=1S/C42H41N9O7/c43-23-11-25-44-38-37(49-58-50-38)39-47-33-16-7-8-18-35(33)51(39)26-36(52)31-19-21-32(22-20-31)46-40(53)34(48-42(55)57-28-30-14-5-2-6-15-30)17-9-10-24-45-41(54)56-27-29-12-3-1-4-13-29/h1-8,12-16,18-22,34H,9-11,17,24-28H2,(H,44,50)(H,45,54)(H,46,53)(H,48,55)/t34-/m0/s1. The first kappa shape index (κ1) is 40.1. The molecule has 6 aromatic rings. The van der Waals surface area contributed by atoms with Crippen LogP contribution >= 0.6 is 0 Å². The molecule has 3 amide bonds. The third-order valence-electron chi connectivity index (χ3n) is 8.88. The predicted octanol–water partition coefficient (Wildman–Crippen LogP) is 6.62. The average Bonchev–Trinajstić information content (AvgIpc) is 3.87. The molecule has 0 aliphatic carbocycles. The molecule has 0 unspecified atom stereocenters. The number of rotatable bonds is 19. The smallest absolute Gasteiger partial charge is 0.408 e. The fraction of sp³-hybridized carbons (Fsp3) is 0.238. The Kier molecular flexibility index (Phi) is 14.1. The van der Waals surface area contributed by atoms with Crippen LogP contribution in [0.15, 0.2) is 114 Å². The molecule has 16 heteroatoms. The molecule has 6 rings (SSSR count). The van der Waals surface area contributed by atoms with Crippen molar-refractivity contribution in [3.05, 3.63) is 126 Å². The van der Waals surface area contributed by atoms with Gasteiger partial charge in [-0.15, -0.1) is 0 Å². The Morgan fingerprint density at radius 3 is 2.16 bits per heavy atom. The maximum absolute atomic E-state index is 13.7. The Balaban J connectivity index is 1.07. The number of ether oxygens (including phenoxy) is 2. The number of ketones is 1. The number of carbonyl (C=O) groups excluding carboxylic acids is 4. The van der Waals surface area contributed by atoms with Crippen molar-refractivity contribution in [2.24, 2.45) is 0 Å². The van der Waals surface area contributed by atoms with Crippen molar-refractivity contribution >= 4 is 46.4 Å². The van der Waals surface area contributed by atoms with E-state index in [1.807, 2.05) is 84.9 Å². The molecule has 4 N–H and O–H groups in total. The van der Waals surface area contributed by atoms with Crippen molar-refractivity contribution in [3.8, 4) is 17.6 Å². The lowest BCUT2D eigenvalue weighted by Gasteiger charge is -2.19. The summed E-state index contributed by atoms with van der Waals surface area (Å²) in [6, 6.07) is 33.3. The number of imidazole rings is 1. The van der Waals surface area contributed by atoms with Gasteiger partial charge >= 0.3 is 12.2 Å². The van der Waals surface area contributed by atoms with E-state index in [-0.39, 0.29) is 38.4 Å². The third-order valence-corrected chi connectivity index (χ3v) is 8.88. The molecule has 2 heterocycles. The van der Waals surface area contributed by atoms with Gasteiger partial charge in [0.05, 0.1) is 30.1 Å². The summed E-state index contributed by atoms with van der Waals surface area (Å²) in [5, 5.41) is 28.1. The van der Waals surface area contributed by atoms with Crippen molar-refractivity contribution < 1.29 is 33.3 Å². The highest BCUT2D eigenvalue weighted by atomic mass is 16.6. The summed E-state index contributed by atoms with van der Waals surface area (Å²) >= 11 is 0. The summed E-state index contributed by atoms with van der Waals surface area (Å²) in [5.74, 6) is -0.0665. The lowest BCUT2D eigenvalue weighted by Crippen LogP contribution is -2.44. The van der Waals surface area contributed by atoms with Gasteiger partial charge in [-0.3, -0.25) is 9.59 Å². The fourth-order valence-electron chi connectivity index (χ4n) is 5.92. The number of unbranched alkanes of at least 4 members (excludes halogenated alkanes) is 1. The van der Waals surface area contributed by atoms with Gasteiger partial charge in [0.1, 0.15) is 19.3 Å². The molecule has 4 aromatic carbocycles. The summed E-state index contributed by atoms with van der Waals surface area (Å²) in [7, 11) is 0. The Bertz CT molecular complexity index is 2340. The van der Waals surface area contributed by atoms with Crippen molar-refractivity contribution in [3.63, 3.8) is 0 Å². The number of nitriles is 1. The normalized spacial score (nSPS) is 11.2. The fourth-order valence-corrected chi connectivity index (χ4v) is 5.92. The maximum Gasteiger partial charge on any atom is 0.408 e. The van der Waals surface area contributed by atoms with Gasteiger partial charge < -0.3 is 35.3 Å². The van der Waals surface area contributed by atoms with E-state index < -0.39 is 24.1 Å². The monoisotopic (exact) mass is 783 g/mol. The van der Waals surface area contributed by atoms with E-state index >= 15 is 0 Å². The molecule has 0 radical (unpaired) electrons. The number of para-hydroxylation sites is 2. The number of nitrogens with zero attached hydrogens (tertiary/aromatic N) is 5. The van der Waals surface area contributed by atoms with Gasteiger partial charge in [-0.2, -0.15) is 5.26 Å². The second-order valence-corrected chi connectivity index (χ2v) is 13.0. The largest absolute Gasteiger partial charge is 0.445 e. The van der Waals surface area contributed by atoms with E-state index in [1.54, 1.807) is 28.8 Å². The van der Waals surface area contributed by atoms with Gasteiger partial charge in [0.15, 0.2) is 17.3 Å². The van der Waals surface area contributed by atoms with Crippen molar-refractivity contribution in [2.45, 2.75) is 51.5 Å². The van der Waals surface area contributed by atoms with E-state index in [9.17, 15) is 19.2 Å². The zero-order valence-electron chi connectivity index (χ0n) is 31.4. The number of Topliss-reactive ketones (excluding diaryl/α,β-unsaturated/α-hetero) is 1. The van der Waals surface area contributed by atoms with E-state index in [4.69, 9.17) is 24.3 Å². The van der Waals surface area contributed by atoms with Crippen LogP contribution in [0.25, 0.3) is 22.6 Å². The zero-order valence-corrected chi connectivity index (χ0v) is 31.4. The summed E-state index contributed by atoms with van der Waals surface area (Å²) in [5.41, 5.74) is 4.07. The average molecular weight is 784 g/mol. The SMILES string of the molecule is N#CCCNc1nonc1-c1nc2ccccc2n1CC(=O)c1ccc(NC(=O)[C@H](CCCCNC(=O)OCc2ccccc2)NC(=O)OCc2ccccc2)cc1. The Morgan fingerprint density at radius 2 is 1.45 bits per heavy atom. The minimum Gasteiger partial charge on any atom is -0.445 e. The molecule has 0 saturated heterocycles. The topological polar surface area (TPSA) is 215 Å². The van der Waals surface area contributed by atoms with E-state index in [2.05, 4.69) is 37.6 Å². The molecule has 0 saturated carbocycles. The summed E-state index contributed by atoms with van der Waals surface area (Å²) in [4.78, 5) is 56.9. The first-order chi connectivity index (χ1) is 28.4. The van der Waals surface area contributed by atoms with Gasteiger partial charge in [-0.05, 0) is 77.1 Å². The summed E-state index contributed by atoms with van der Waals surface area (Å²) < 4.78 is 17.3. The van der Waals surface area contributed by atoms with Crippen LogP contribution in [0.3, 0.4) is 0 Å². The zero-order chi connectivity index (χ0) is 40.5. The number of fused-ring (bicyclic) bond motifs is 1. The Labute approximate surface area is 333 Å². The third kappa shape index (κ3) is 11.3. The predicted molar refractivity (Wildman–Crippen MR) is 213 cm³/mol. The van der Waals surface area contributed by atoms with Crippen molar-refractivity contribution in [1.29, 1.82) is 5.26 Å². The molecule has 1 atom stereocenters. The number of alkyl carbamates (subject to hydrolysis) is 2. The molecule has 58 heavy (non-hydrogen) atoms. The molecule has 16 nitrogen and oxygen atoms in total. The quantitative estimate of drug-likeness (QED) is 0.0503. The first-order valence-corrected chi connectivity index (χ1v) is 18.6. The molecule has 0 aliphatic heterocycles. The van der Waals surface area contributed by atoms with E-state index in [1.165, 1.54) is 0 Å². The molecular weight excluding hydrogens is 743 g/mol. The number of amides is 3. The van der Waals surface area contributed by atoms with Crippen molar-refractivity contribution in [1.82, 2.24) is 30.5 Å². The maximum atomic E-state index is 13.7. The van der Waals surface area contributed by atoms with Gasteiger partial charge in [0, 0.05) is 24.3 Å². The van der Waals surface area contributed by atoms with Crippen LogP contribution in [0.5, 0.6) is 0 Å². The highest BCUT2D eigenvalue weighted by molar-refractivity contribution is 5.99.